The summed E-state index contributed by atoms with van der Waals surface area (Å²) >= 11 is 0. The highest BCUT2D eigenvalue weighted by atomic mass is 33.5. The zero-order valence-electron chi connectivity index (χ0n) is 25.9. The van der Waals surface area contributed by atoms with Gasteiger partial charge in [-0.3, -0.25) is 0 Å². The van der Waals surface area contributed by atoms with Gasteiger partial charge in [-0.2, -0.15) is 0 Å². The zero-order chi connectivity index (χ0) is 27.4. The van der Waals surface area contributed by atoms with Gasteiger partial charge in [0, 0.05) is 36.2 Å². The van der Waals surface area contributed by atoms with Gasteiger partial charge < -0.3 is 9.47 Å². The third kappa shape index (κ3) is 22.7. The molecule has 2 unspecified atom stereocenters. The van der Waals surface area contributed by atoms with Crippen LogP contribution in [0, 0.1) is 0 Å². The molecule has 7 heteroatoms. The van der Waals surface area contributed by atoms with Gasteiger partial charge in [0.15, 0.2) is 0 Å². The minimum atomic E-state index is -0.814. The first-order chi connectivity index (χ1) is 18.2. The van der Waals surface area contributed by atoms with Crippen molar-refractivity contribution >= 4 is 49.0 Å². The first kappa shape index (κ1) is 38.4. The molecule has 0 saturated heterocycles. The quantitative estimate of drug-likeness (QED) is 0.0456. The molecular formula is C30H66O2S3Si2. The fourth-order valence-corrected chi connectivity index (χ4v) is 17.3. The Bertz CT molecular complexity index is 395. The van der Waals surface area contributed by atoms with Gasteiger partial charge in [-0.1, -0.05) is 152 Å². The summed E-state index contributed by atoms with van der Waals surface area (Å²) in [6, 6.07) is 5.95. The molecule has 0 aromatic carbocycles. The summed E-state index contributed by atoms with van der Waals surface area (Å²) in [7, 11) is 4.59. The smallest absolute Gasteiger partial charge is 0.0717 e. The number of rotatable bonds is 30. The van der Waals surface area contributed by atoms with Gasteiger partial charge in [0.25, 0.3) is 0 Å². The minimum absolute atomic E-state index is 0.600. The van der Waals surface area contributed by atoms with Crippen molar-refractivity contribution in [3.8, 4) is 0 Å². The lowest BCUT2D eigenvalue weighted by atomic mass is 10.4. The molecule has 0 radical (unpaired) electrons. The van der Waals surface area contributed by atoms with Crippen LogP contribution in [0.15, 0.2) is 0 Å². The number of unbranched alkanes of at least 4 members (excludes halogenated alkanes) is 6. The Labute approximate surface area is 249 Å². The molecule has 0 N–H and O–H groups in total. The van der Waals surface area contributed by atoms with Crippen molar-refractivity contribution in [3.05, 3.63) is 0 Å². The maximum Gasteiger partial charge on any atom is 0.0717 e. The van der Waals surface area contributed by atoms with E-state index in [0.29, 0.717) is 11.5 Å². The van der Waals surface area contributed by atoms with Crippen LogP contribution in [0.1, 0.15) is 131 Å². The van der Waals surface area contributed by atoms with Gasteiger partial charge in [-0.15, -0.1) is 0 Å². The van der Waals surface area contributed by atoms with E-state index in [2.05, 4.69) is 63.1 Å². The molecule has 0 amide bonds. The molecule has 0 bridgehead atoms. The standard InChI is InChI=1S/C30H66O2S3Si2/c1-7-13-21-31-29(36(25-15-9-3)26-16-10-4)19-23-33-35-34-24-20-30(32-22-14-8-2)37(27-17-11-5)28-18-12-6/h29-30,36-37H,7-28H2,1-6H3. The van der Waals surface area contributed by atoms with Gasteiger partial charge >= 0.3 is 0 Å². The molecular weight excluding hydrogens is 545 g/mol. The monoisotopic (exact) mass is 610 g/mol. The molecule has 0 aliphatic rings. The molecule has 0 spiro atoms. The van der Waals surface area contributed by atoms with Crippen LogP contribution in [0.25, 0.3) is 0 Å². The lowest BCUT2D eigenvalue weighted by molar-refractivity contribution is 0.0969. The van der Waals surface area contributed by atoms with Crippen molar-refractivity contribution < 1.29 is 9.47 Å². The molecule has 37 heavy (non-hydrogen) atoms. The summed E-state index contributed by atoms with van der Waals surface area (Å²) in [5, 5.41) is 0. The highest BCUT2D eigenvalue weighted by molar-refractivity contribution is 9.09. The van der Waals surface area contributed by atoms with Gasteiger partial charge in [0.1, 0.15) is 0 Å². The largest absolute Gasteiger partial charge is 0.382 e. The molecule has 0 rings (SSSR count). The van der Waals surface area contributed by atoms with E-state index in [1.54, 1.807) is 0 Å². The van der Waals surface area contributed by atoms with Crippen LogP contribution in [0.5, 0.6) is 0 Å². The molecule has 2 nitrogen and oxygen atoms in total. The summed E-state index contributed by atoms with van der Waals surface area (Å²) in [6.07, 6.45) is 18.5. The average Bonchev–Trinajstić information content (AvgIpc) is 2.91. The van der Waals surface area contributed by atoms with Crippen LogP contribution in [-0.2, 0) is 9.47 Å². The third-order valence-electron chi connectivity index (χ3n) is 7.49. The second-order valence-corrected chi connectivity index (χ2v) is 22.2. The van der Waals surface area contributed by atoms with E-state index in [4.69, 9.17) is 9.47 Å². The van der Waals surface area contributed by atoms with Crippen molar-refractivity contribution in [1.29, 1.82) is 0 Å². The fourth-order valence-electron chi connectivity index (χ4n) is 5.00. The topological polar surface area (TPSA) is 18.5 Å². The molecule has 0 aromatic rings. The van der Waals surface area contributed by atoms with Crippen molar-refractivity contribution in [3.63, 3.8) is 0 Å². The number of hydrogen-bond acceptors (Lipinski definition) is 5. The van der Waals surface area contributed by atoms with Crippen LogP contribution in [0.4, 0.5) is 0 Å². The number of hydrogen-bond donors (Lipinski definition) is 0. The SMILES string of the molecule is CCCCOC(CCSSSCCC(OCCCC)[SiH](CCCC)CCCC)[SiH](CCCC)CCCC. The average molecular weight is 611 g/mol. The summed E-state index contributed by atoms with van der Waals surface area (Å²) in [5.41, 5.74) is 1.20. The first-order valence-electron chi connectivity index (χ1n) is 16.3. The molecule has 224 valence electrons. The third-order valence-corrected chi connectivity index (χ3v) is 19.6. The summed E-state index contributed by atoms with van der Waals surface area (Å²) in [6.45, 7) is 15.9. The van der Waals surface area contributed by atoms with Crippen LogP contribution in [0.2, 0.25) is 24.2 Å². The van der Waals surface area contributed by atoms with Gasteiger partial charge in [-0.25, -0.2) is 0 Å². The first-order valence-corrected chi connectivity index (χ1v) is 24.7. The summed E-state index contributed by atoms with van der Waals surface area (Å²) in [4.78, 5) is 0. The molecule has 0 aliphatic carbocycles. The van der Waals surface area contributed by atoms with E-state index >= 15 is 0 Å². The Kier molecular flexibility index (Phi) is 31.5. The van der Waals surface area contributed by atoms with Gasteiger partial charge in [0.2, 0.25) is 0 Å². The van der Waals surface area contributed by atoms with Gasteiger partial charge in [-0.05, 0) is 35.5 Å². The van der Waals surface area contributed by atoms with E-state index in [1.165, 1.54) is 126 Å². The normalized spacial score (nSPS) is 13.6. The molecule has 2 atom stereocenters. The predicted molar refractivity (Wildman–Crippen MR) is 184 cm³/mol. The Morgan fingerprint density at radius 3 is 1.11 bits per heavy atom. The van der Waals surface area contributed by atoms with Crippen molar-refractivity contribution in [2.75, 3.05) is 24.7 Å². The summed E-state index contributed by atoms with van der Waals surface area (Å²) in [5.74, 6) is 2.49. The fraction of sp³-hybridized carbons (Fsp3) is 1.00. The van der Waals surface area contributed by atoms with Crippen LogP contribution >= 0.6 is 31.4 Å². The van der Waals surface area contributed by atoms with Crippen LogP contribution in [0.3, 0.4) is 0 Å². The Morgan fingerprint density at radius 2 is 0.811 bits per heavy atom. The second-order valence-electron chi connectivity index (χ2n) is 10.9. The molecule has 0 aromatic heterocycles. The highest BCUT2D eigenvalue weighted by Crippen LogP contribution is 2.36. The maximum absolute atomic E-state index is 6.56. The minimum Gasteiger partial charge on any atom is -0.382 e. The Morgan fingerprint density at radius 1 is 0.486 bits per heavy atom. The lowest BCUT2D eigenvalue weighted by Gasteiger charge is -2.27. The van der Waals surface area contributed by atoms with Crippen molar-refractivity contribution in [2.45, 2.75) is 167 Å². The number of ether oxygens (including phenoxy) is 2. The van der Waals surface area contributed by atoms with Crippen molar-refractivity contribution in [2.24, 2.45) is 0 Å². The molecule has 0 aliphatic heterocycles. The molecule has 0 heterocycles. The van der Waals surface area contributed by atoms with E-state index < -0.39 is 17.6 Å². The predicted octanol–water partition coefficient (Wildman–Crippen LogP) is 10.9. The van der Waals surface area contributed by atoms with E-state index in [0.717, 1.165) is 13.2 Å². The van der Waals surface area contributed by atoms with Crippen LogP contribution < -0.4 is 0 Å². The summed E-state index contributed by atoms with van der Waals surface area (Å²) < 4.78 is 13.1. The van der Waals surface area contributed by atoms with E-state index in [1.807, 2.05) is 9.83 Å². The highest BCUT2D eigenvalue weighted by Gasteiger charge is 2.24. The zero-order valence-corrected chi connectivity index (χ0v) is 30.7. The van der Waals surface area contributed by atoms with Crippen LogP contribution in [-0.4, -0.2) is 53.8 Å². The van der Waals surface area contributed by atoms with Gasteiger partial charge in [0.05, 0.1) is 17.6 Å². The second kappa shape index (κ2) is 30.4. The Hall–Kier alpha value is 1.40. The Balaban J connectivity index is 4.61. The van der Waals surface area contributed by atoms with E-state index in [9.17, 15) is 0 Å². The molecule has 0 saturated carbocycles. The molecule has 0 fully saturated rings. The van der Waals surface area contributed by atoms with Crippen molar-refractivity contribution in [1.82, 2.24) is 0 Å². The van der Waals surface area contributed by atoms with E-state index in [-0.39, 0.29) is 0 Å². The lowest BCUT2D eigenvalue weighted by Crippen LogP contribution is -2.34. The maximum atomic E-state index is 6.56.